The molecule has 0 aromatic carbocycles. The minimum atomic E-state index is -0.945. The van der Waals surface area contributed by atoms with Gasteiger partial charge in [-0.2, -0.15) is 0 Å². The number of carboxylic acids is 1. The van der Waals surface area contributed by atoms with Crippen LogP contribution in [-0.2, 0) is 10.2 Å². The average molecular weight is 313 g/mol. The number of nitrogens with zero attached hydrogens (tertiary/aromatic N) is 3. The fourth-order valence-corrected chi connectivity index (χ4v) is 2.86. The van der Waals surface area contributed by atoms with E-state index < -0.39 is 11.4 Å². The van der Waals surface area contributed by atoms with Gasteiger partial charge in [0, 0.05) is 25.0 Å². The number of carboxylic acid groups (broad SMARTS) is 1. The quantitative estimate of drug-likeness (QED) is 0.799. The van der Waals surface area contributed by atoms with E-state index >= 15 is 0 Å². The highest BCUT2D eigenvalue weighted by atomic mass is 32.1. The van der Waals surface area contributed by atoms with E-state index in [9.17, 15) is 9.90 Å². The lowest BCUT2D eigenvalue weighted by Gasteiger charge is -2.25. The Labute approximate surface area is 131 Å². The molecular formula is C15H27N3O2S. The molecule has 0 amide bonds. The van der Waals surface area contributed by atoms with Crippen LogP contribution in [0.4, 0.5) is 5.13 Å². The van der Waals surface area contributed by atoms with Crippen LogP contribution in [0.25, 0.3) is 0 Å². The topological polar surface area (TPSA) is 56.7 Å². The molecule has 120 valence electrons. The van der Waals surface area contributed by atoms with E-state index in [1.165, 1.54) is 11.3 Å². The molecule has 0 aliphatic rings. The molecule has 0 bridgehead atoms. The summed E-state index contributed by atoms with van der Waals surface area (Å²) in [7, 11) is 4.10. The summed E-state index contributed by atoms with van der Waals surface area (Å²) in [4.78, 5) is 20.3. The molecule has 0 fully saturated rings. The fourth-order valence-electron chi connectivity index (χ4n) is 1.83. The SMILES string of the molecule is CC(C)CN(CCN(C)C)c1nc(C(C)(C)C(=O)O)cs1. The molecule has 6 heteroatoms. The van der Waals surface area contributed by atoms with Gasteiger partial charge in [-0.05, 0) is 33.9 Å². The van der Waals surface area contributed by atoms with E-state index in [0.29, 0.717) is 11.6 Å². The molecule has 5 nitrogen and oxygen atoms in total. The van der Waals surface area contributed by atoms with E-state index in [1.54, 1.807) is 13.8 Å². The van der Waals surface area contributed by atoms with Crippen LogP contribution < -0.4 is 4.90 Å². The zero-order valence-corrected chi connectivity index (χ0v) is 14.7. The first-order valence-electron chi connectivity index (χ1n) is 7.23. The number of aliphatic carboxylic acids is 1. The lowest BCUT2D eigenvalue weighted by Crippen LogP contribution is -2.34. The number of thiazole rings is 1. The zero-order valence-electron chi connectivity index (χ0n) is 13.9. The molecule has 21 heavy (non-hydrogen) atoms. The molecule has 0 saturated heterocycles. The molecule has 0 aliphatic heterocycles. The van der Waals surface area contributed by atoms with E-state index in [4.69, 9.17) is 0 Å². The van der Waals surface area contributed by atoms with Crippen molar-refractivity contribution in [3.8, 4) is 0 Å². The average Bonchev–Trinajstić information content (AvgIpc) is 2.83. The molecule has 0 saturated carbocycles. The van der Waals surface area contributed by atoms with Crippen LogP contribution in [-0.4, -0.2) is 54.7 Å². The molecule has 0 unspecified atom stereocenters. The summed E-state index contributed by atoms with van der Waals surface area (Å²) in [5.74, 6) is -0.310. The van der Waals surface area contributed by atoms with Gasteiger partial charge >= 0.3 is 5.97 Å². The minimum Gasteiger partial charge on any atom is -0.481 e. The predicted octanol–water partition coefficient (Wildman–Crippen LogP) is 2.53. The normalized spacial score (nSPS) is 12.2. The second-order valence-electron chi connectivity index (χ2n) is 6.59. The number of hydrogen-bond donors (Lipinski definition) is 1. The van der Waals surface area contributed by atoms with Crippen molar-refractivity contribution in [3.05, 3.63) is 11.1 Å². The first-order chi connectivity index (χ1) is 9.64. The molecule has 1 rings (SSSR count). The van der Waals surface area contributed by atoms with E-state index in [1.807, 2.05) is 19.5 Å². The van der Waals surface area contributed by atoms with Gasteiger partial charge in [0.05, 0.1) is 5.69 Å². The van der Waals surface area contributed by atoms with Crippen molar-refractivity contribution in [1.82, 2.24) is 9.88 Å². The first kappa shape index (κ1) is 17.9. The first-order valence-corrected chi connectivity index (χ1v) is 8.11. The van der Waals surface area contributed by atoms with E-state index in [-0.39, 0.29) is 0 Å². The summed E-state index contributed by atoms with van der Waals surface area (Å²) in [6.45, 7) is 10.5. The molecule has 0 radical (unpaired) electrons. The second-order valence-corrected chi connectivity index (χ2v) is 7.43. The van der Waals surface area contributed by atoms with Gasteiger partial charge in [0.2, 0.25) is 0 Å². The summed E-state index contributed by atoms with van der Waals surface area (Å²) in [6.07, 6.45) is 0. The number of likely N-dealkylation sites (N-methyl/N-ethyl adjacent to an activating group) is 1. The number of aromatic nitrogens is 1. The molecule has 1 aromatic rings. The summed E-state index contributed by atoms with van der Waals surface area (Å²) >= 11 is 1.53. The molecule has 0 spiro atoms. The third-order valence-corrected chi connectivity index (χ3v) is 4.24. The highest BCUT2D eigenvalue weighted by Gasteiger charge is 2.32. The van der Waals surface area contributed by atoms with Crippen molar-refractivity contribution >= 4 is 22.4 Å². The number of rotatable bonds is 8. The maximum atomic E-state index is 11.3. The van der Waals surface area contributed by atoms with Crippen molar-refractivity contribution in [2.24, 2.45) is 5.92 Å². The van der Waals surface area contributed by atoms with Crippen molar-refractivity contribution in [2.75, 3.05) is 38.6 Å². The summed E-state index contributed by atoms with van der Waals surface area (Å²) in [5.41, 5.74) is -0.312. The van der Waals surface area contributed by atoms with Crippen LogP contribution in [0.15, 0.2) is 5.38 Å². The number of hydrogen-bond acceptors (Lipinski definition) is 5. The van der Waals surface area contributed by atoms with Gasteiger partial charge in [-0.25, -0.2) is 4.98 Å². The lowest BCUT2D eigenvalue weighted by atomic mass is 9.90. The Morgan fingerprint density at radius 1 is 1.38 bits per heavy atom. The smallest absolute Gasteiger partial charge is 0.315 e. The maximum absolute atomic E-state index is 11.3. The van der Waals surface area contributed by atoms with Crippen LogP contribution >= 0.6 is 11.3 Å². The van der Waals surface area contributed by atoms with Crippen molar-refractivity contribution in [1.29, 1.82) is 0 Å². The summed E-state index contributed by atoms with van der Waals surface area (Å²) in [5, 5.41) is 12.1. The summed E-state index contributed by atoms with van der Waals surface area (Å²) in [6, 6.07) is 0. The highest BCUT2D eigenvalue weighted by molar-refractivity contribution is 7.13. The third-order valence-electron chi connectivity index (χ3n) is 3.34. The molecular weight excluding hydrogens is 286 g/mol. The van der Waals surface area contributed by atoms with Crippen molar-refractivity contribution < 1.29 is 9.90 Å². The van der Waals surface area contributed by atoms with E-state index in [0.717, 1.165) is 24.8 Å². The van der Waals surface area contributed by atoms with Crippen molar-refractivity contribution in [2.45, 2.75) is 33.1 Å². The number of carbonyl (C=O) groups is 1. The van der Waals surface area contributed by atoms with Crippen LogP contribution in [0.3, 0.4) is 0 Å². The van der Waals surface area contributed by atoms with Gasteiger partial charge in [0.1, 0.15) is 5.41 Å². The van der Waals surface area contributed by atoms with E-state index in [2.05, 4.69) is 28.6 Å². The molecule has 0 atom stereocenters. The Hall–Kier alpha value is -1.14. The van der Waals surface area contributed by atoms with Crippen molar-refractivity contribution in [3.63, 3.8) is 0 Å². The Kier molecular flexibility index (Phi) is 6.16. The maximum Gasteiger partial charge on any atom is 0.315 e. The zero-order chi connectivity index (χ0) is 16.2. The van der Waals surface area contributed by atoms with Crippen LogP contribution in [0, 0.1) is 5.92 Å². The number of anilines is 1. The Morgan fingerprint density at radius 2 is 2.00 bits per heavy atom. The highest BCUT2D eigenvalue weighted by Crippen LogP contribution is 2.29. The van der Waals surface area contributed by atoms with Gasteiger partial charge in [-0.1, -0.05) is 13.8 Å². The summed E-state index contributed by atoms with van der Waals surface area (Å²) < 4.78 is 0. The standard InChI is InChI=1S/C15H27N3O2S/c1-11(2)9-18(8-7-17(5)6)14-16-12(10-21-14)15(3,4)13(19)20/h10-11H,7-9H2,1-6H3,(H,19,20). The fraction of sp³-hybridized carbons (Fsp3) is 0.733. The van der Waals surface area contributed by atoms with Gasteiger partial charge < -0.3 is 14.9 Å². The molecule has 1 heterocycles. The van der Waals surface area contributed by atoms with Gasteiger partial charge in [-0.15, -0.1) is 11.3 Å². The lowest BCUT2D eigenvalue weighted by molar-refractivity contribution is -0.142. The third kappa shape index (κ3) is 4.97. The Balaban J connectivity index is 2.93. The van der Waals surface area contributed by atoms with Gasteiger partial charge in [0.15, 0.2) is 5.13 Å². The molecule has 1 N–H and O–H groups in total. The monoisotopic (exact) mass is 313 g/mol. The predicted molar refractivity (Wildman–Crippen MR) is 88.4 cm³/mol. The van der Waals surface area contributed by atoms with Gasteiger partial charge in [-0.3, -0.25) is 4.79 Å². The Bertz CT molecular complexity index is 469. The molecule has 1 aromatic heterocycles. The Morgan fingerprint density at radius 3 is 2.48 bits per heavy atom. The minimum absolute atomic E-state index is 0.534. The van der Waals surface area contributed by atoms with Crippen LogP contribution in [0.5, 0.6) is 0 Å². The second kappa shape index (κ2) is 7.22. The van der Waals surface area contributed by atoms with Crippen LogP contribution in [0.2, 0.25) is 0 Å². The van der Waals surface area contributed by atoms with Crippen LogP contribution in [0.1, 0.15) is 33.4 Å². The molecule has 0 aliphatic carbocycles. The van der Waals surface area contributed by atoms with Gasteiger partial charge in [0.25, 0.3) is 0 Å². The largest absolute Gasteiger partial charge is 0.481 e.